The zero-order valence-electron chi connectivity index (χ0n) is 18.1. The van der Waals surface area contributed by atoms with Gasteiger partial charge in [0.25, 0.3) is 0 Å². The summed E-state index contributed by atoms with van der Waals surface area (Å²) in [4.78, 5) is 27.3. The van der Waals surface area contributed by atoms with Crippen molar-refractivity contribution in [3.05, 3.63) is 82.9 Å². The van der Waals surface area contributed by atoms with Gasteiger partial charge in [0, 0.05) is 47.7 Å². The molecule has 0 spiro atoms. The molecule has 3 aromatic rings. The van der Waals surface area contributed by atoms with Crippen molar-refractivity contribution in [1.82, 2.24) is 4.90 Å². The molecule has 0 aromatic heterocycles. The summed E-state index contributed by atoms with van der Waals surface area (Å²) in [5.74, 6) is -1.27. The Morgan fingerprint density at radius 3 is 2.47 bits per heavy atom. The average Bonchev–Trinajstić information content (AvgIpc) is 2.97. The third kappa shape index (κ3) is 4.42. The van der Waals surface area contributed by atoms with Crippen molar-refractivity contribution in [2.24, 2.45) is 0 Å². The second-order valence-electron chi connectivity index (χ2n) is 7.98. The summed E-state index contributed by atoms with van der Waals surface area (Å²) in [7, 11) is 0. The molecule has 0 radical (unpaired) electrons. The van der Waals surface area contributed by atoms with Crippen molar-refractivity contribution < 1.29 is 27.8 Å². The van der Waals surface area contributed by atoms with Crippen molar-refractivity contribution in [3.63, 3.8) is 0 Å². The number of nitrogens with one attached hydrogen (secondary N) is 2. The average molecular weight is 465 g/mol. The molecule has 0 aliphatic carbocycles. The summed E-state index contributed by atoms with van der Waals surface area (Å²) in [6.07, 6.45) is 0. The summed E-state index contributed by atoms with van der Waals surface area (Å²) in [5, 5.41) is 5.73. The quantitative estimate of drug-likeness (QED) is 0.587. The number of halogens is 2. The van der Waals surface area contributed by atoms with Crippen molar-refractivity contribution in [2.75, 3.05) is 36.9 Å². The highest BCUT2D eigenvalue weighted by atomic mass is 19.1. The number of anilines is 3. The Morgan fingerprint density at radius 2 is 1.68 bits per heavy atom. The first-order valence-electron chi connectivity index (χ1n) is 10.8. The molecule has 3 aromatic carbocycles. The molecule has 1 saturated heterocycles. The number of carbonyl (C=O) groups is 2. The highest BCUT2D eigenvalue weighted by Crippen LogP contribution is 2.33. The number of hydrogen-bond acceptors (Lipinski definition) is 5. The normalized spacial score (nSPS) is 15.0. The number of benzene rings is 3. The van der Waals surface area contributed by atoms with Crippen LogP contribution in [0.4, 0.5) is 30.6 Å². The Morgan fingerprint density at radius 1 is 0.912 bits per heavy atom. The molecular formula is C25H21F2N3O4. The first kappa shape index (κ1) is 21.8. The Hall–Kier alpha value is -3.98. The van der Waals surface area contributed by atoms with Gasteiger partial charge in [0.15, 0.2) is 5.78 Å². The maximum atomic E-state index is 14.0. The number of amides is 2. The lowest BCUT2D eigenvalue weighted by molar-refractivity contribution is 0.0564. The monoisotopic (exact) mass is 465 g/mol. The van der Waals surface area contributed by atoms with E-state index in [2.05, 4.69) is 10.6 Å². The van der Waals surface area contributed by atoms with Crippen LogP contribution in [-0.2, 0) is 11.3 Å². The number of morpholine rings is 1. The summed E-state index contributed by atoms with van der Waals surface area (Å²) >= 11 is 0. The molecule has 2 aliphatic heterocycles. The van der Waals surface area contributed by atoms with Crippen LogP contribution >= 0.6 is 0 Å². The Kier molecular flexibility index (Phi) is 5.85. The van der Waals surface area contributed by atoms with Crippen LogP contribution in [0, 0.1) is 11.6 Å². The van der Waals surface area contributed by atoms with Gasteiger partial charge in [0.1, 0.15) is 24.0 Å². The third-order valence-electron chi connectivity index (χ3n) is 5.72. The van der Waals surface area contributed by atoms with Crippen LogP contribution in [0.25, 0.3) is 0 Å². The van der Waals surface area contributed by atoms with E-state index < -0.39 is 11.6 Å². The van der Waals surface area contributed by atoms with Gasteiger partial charge >= 0.3 is 6.03 Å². The topological polar surface area (TPSA) is 79.9 Å². The number of urea groups is 1. The van der Waals surface area contributed by atoms with E-state index in [1.165, 1.54) is 6.07 Å². The maximum absolute atomic E-state index is 14.0. The van der Waals surface area contributed by atoms with E-state index in [0.29, 0.717) is 60.1 Å². The van der Waals surface area contributed by atoms with Gasteiger partial charge in [0.2, 0.25) is 0 Å². The van der Waals surface area contributed by atoms with Gasteiger partial charge in [-0.15, -0.1) is 0 Å². The molecule has 5 rings (SSSR count). The minimum absolute atomic E-state index is 0.102. The van der Waals surface area contributed by atoms with E-state index >= 15 is 0 Å². The smallest absolute Gasteiger partial charge is 0.321 e. The lowest BCUT2D eigenvalue weighted by Crippen LogP contribution is -2.43. The fourth-order valence-electron chi connectivity index (χ4n) is 3.94. The maximum Gasteiger partial charge on any atom is 0.321 e. The lowest BCUT2D eigenvalue weighted by Gasteiger charge is -2.27. The number of ketones is 1. The second-order valence-corrected chi connectivity index (χ2v) is 7.98. The van der Waals surface area contributed by atoms with Crippen LogP contribution in [0.15, 0.2) is 54.6 Å². The van der Waals surface area contributed by atoms with Crippen LogP contribution in [0.1, 0.15) is 21.5 Å². The van der Waals surface area contributed by atoms with Gasteiger partial charge in [-0.25, -0.2) is 13.6 Å². The first-order chi connectivity index (χ1) is 16.5. The van der Waals surface area contributed by atoms with Gasteiger partial charge in [-0.2, -0.15) is 0 Å². The summed E-state index contributed by atoms with van der Waals surface area (Å²) in [6.45, 7) is 2.16. The van der Waals surface area contributed by atoms with Crippen LogP contribution < -0.4 is 15.4 Å². The van der Waals surface area contributed by atoms with E-state index in [0.717, 1.165) is 12.1 Å². The molecule has 2 amide bonds. The molecule has 0 atom stereocenters. The molecule has 0 saturated carbocycles. The van der Waals surface area contributed by atoms with Crippen molar-refractivity contribution in [3.8, 4) is 5.75 Å². The van der Waals surface area contributed by atoms with Gasteiger partial charge in [-0.05, 0) is 42.5 Å². The SMILES string of the molecule is O=C1c2ccc(NC(=O)N3CCOCC3)cc2COc2cc(Nc3ccc(F)cc3F)ccc21. The van der Waals surface area contributed by atoms with E-state index in [-0.39, 0.29) is 24.1 Å². The molecule has 34 heavy (non-hydrogen) atoms. The standard InChI is InChI=1S/C25H21F2N3O4/c26-16-1-6-22(21(27)12-16)28-18-3-5-20-23(13-18)34-14-15-11-17(2-4-19(15)24(20)31)29-25(32)30-7-9-33-10-8-30/h1-6,11-13,28H,7-10,14H2,(H,29,32). The zero-order chi connectivity index (χ0) is 23.7. The Bertz CT molecular complexity index is 1280. The molecule has 2 N–H and O–H groups in total. The highest BCUT2D eigenvalue weighted by Gasteiger charge is 2.24. The second kappa shape index (κ2) is 9.11. The number of carbonyl (C=O) groups excluding carboxylic acids is 2. The zero-order valence-corrected chi connectivity index (χ0v) is 18.1. The van der Waals surface area contributed by atoms with Crippen LogP contribution in [-0.4, -0.2) is 43.0 Å². The van der Waals surface area contributed by atoms with Crippen LogP contribution in [0.2, 0.25) is 0 Å². The fourth-order valence-corrected chi connectivity index (χ4v) is 3.94. The molecule has 1 fully saturated rings. The molecule has 7 nitrogen and oxygen atoms in total. The summed E-state index contributed by atoms with van der Waals surface area (Å²) in [6, 6.07) is 12.9. The molecule has 2 aliphatic rings. The predicted molar refractivity (Wildman–Crippen MR) is 122 cm³/mol. The van der Waals surface area contributed by atoms with E-state index in [1.807, 2.05) is 0 Å². The van der Waals surface area contributed by atoms with E-state index in [9.17, 15) is 18.4 Å². The Balaban J connectivity index is 1.35. The summed E-state index contributed by atoms with van der Waals surface area (Å²) < 4.78 is 38.3. The van der Waals surface area contributed by atoms with Crippen LogP contribution in [0.5, 0.6) is 5.75 Å². The number of rotatable bonds is 3. The first-order valence-corrected chi connectivity index (χ1v) is 10.8. The minimum atomic E-state index is -0.731. The summed E-state index contributed by atoms with van der Waals surface area (Å²) in [5.41, 5.74) is 2.64. The molecule has 174 valence electrons. The number of hydrogen-bond donors (Lipinski definition) is 2. The molecule has 0 unspecified atom stereocenters. The number of ether oxygens (including phenoxy) is 2. The predicted octanol–water partition coefficient (Wildman–Crippen LogP) is 4.70. The van der Waals surface area contributed by atoms with Crippen molar-refractivity contribution >= 4 is 28.9 Å². The van der Waals surface area contributed by atoms with E-state index in [4.69, 9.17) is 9.47 Å². The third-order valence-corrected chi connectivity index (χ3v) is 5.72. The number of fused-ring (bicyclic) bond motifs is 2. The van der Waals surface area contributed by atoms with Crippen molar-refractivity contribution in [2.45, 2.75) is 6.61 Å². The van der Waals surface area contributed by atoms with Gasteiger partial charge < -0.3 is 25.0 Å². The fraction of sp³-hybridized carbons (Fsp3) is 0.200. The lowest BCUT2D eigenvalue weighted by atomic mass is 9.98. The number of nitrogens with zero attached hydrogens (tertiary/aromatic N) is 1. The minimum Gasteiger partial charge on any atom is -0.488 e. The molecule has 9 heteroatoms. The molecule has 0 bridgehead atoms. The van der Waals surface area contributed by atoms with Crippen molar-refractivity contribution in [1.29, 1.82) is 0 Å². The van der Waals surface area contributed by atoms with Gasteiger partial charge in [0.05, 0.1) is 24.5 Å². The van der Waals surface area contributed by atoms with Crippen LogP contribution in [0.3, 0.4) is 0 Å². The van der Waals surface area contributed by atoms with Gasteiger partial charge in [-0.1, -0.05) is 0 Å². The molecule has 2 heterocycles. The van der Waals surface area contributed by atoms with Gasteiger partial charge in [-0.3, -0.25) is 4.79 Å². The molecular weight excluding hydrogens is 444 g/mol. The highest BCUT2D eigenvalue weighted by molar-refractivity contribution is 6.12. The Labute approximate surface area is 194 Å². The van der Waals surface area contributed by atoms with E-state index in [1.54, 1.807) is 41.3 Å². The largest absolute Gasteiger partial charge is 0.488 e.